The number of aryl methyl sites for hydroxylation is 1. The Kier molecular flexibility index (Phi) is 4.42. The predicted molar refractivity (Wildman–Crippen MR) is 75.0 cm³/mol. The smallest absolute Gasteiger partial charge is 0.161 e. The number of aromatic nitrogens is 2. The van der Waals surface area contributed by atoms with Crippen LogP contribution in [0.2, 0.25) is 5.02 Å². The fourth-order valence-corrected chi connectivity index (χ4v) is 2.31. The molecule has 1 unspecified atom stereocenters. The molecule has 1 heterocycles. The van der Waals surface area contributed by atoms with Crippen LogP contribution < -0.4 is 16.0 Å². The Bertz CT molecular complexity index is 555. The summed E-state index contributed by atoms with van der Waals surface area (Å²) in [6, 6.07) is 7.58. The number of nitrogens with zero attached hydrogens (tertiary/aromatic N) is 2. The summed E-state index contributed by atoms with van der Waals surface area (Å²) in [6.45, 7) is 0. The minimum absolute atomic E-state index is 0.123. The van der Waals surface area contributed by atoms with Crippen molar-refractivity contribution in [1.82, 2.24) is 15.2 Å². The molecule has 0 saturated heterocycles. The lowest BCUT2D eigenvalue weighted by Gasteiger charge is -2.18. The Hall–Kier alpha value is -1.56. The van der Waals surface area contributed by atoms with Crippen molar-refractivity contribution in [1.29, 1.82) is 0 Å². The monoisotopic (exact) mass is 280 g/mol. The molecular weight excluding hydrogens is 264 g/mol. The van der Waals surface area contributed by atoms with Gasteiger partial charge in [-0.25, -0.2) is 0 Å². The van der Waals surface area contributed by atoms with Crippen LogP contribution in [0, 0.1) is 0 Å². The number of nitrogens with one attached hydrogen (secondary N) is 1. The Morgan fingerprint density at radius 2 is 2.21 bits per heavy atom. The van der Waals surface area contributed by atoms with Gasteiger partial charge in [-0.3, -0.25) is 16.0 Å². The van der Waals surface area contributed by atoms with Crippen molar-refractivity contribution in [2.75, 3.05) is 7.11 Å². The Morgan fingerprint density at radius 3 is 2.84 bits per heavy atom. The van der Waals surface area contributed by atoms with E-state index in [0.29, 0.717) is 12.2 Å². The number of nitrogens with two attached hydrogens (primary N) is 1. The SMILES string of the molecule is COc1cnn(C)c1C(Cc1ccccc1Cl)NN. The molecule has 2 rings (SSSR count). The number of hydrogen-bond acceptors (Lipinski definition) is 4. The van der Waals surface area contributed by atoms with Crippen LogP contribution in [-0.2, 0) is 13.5 Å². The molecule has 19 heavy (non-hydrogen) atoms. The first-order valence-corrected chi connectivity index (χ1v) is 6.30. The fourth-order valence-electron chi connectivity index (χ4n) is 2.10. The van der Waals surface area contributed by atoms with Crippen molar-refractivity contribution >= 4 is 11.6 Å². The summed E-state index contributed by atoms with van der Waals surface area (Å²) in [5.41, 5.74) is 4.71. The normalized spacial score (nSPS) is 12.4. The van der Waals surface area contributed by atoms with Gasteiger partial charge in [0.05, 0.1) is 25.0 Å². The largest absolute Gasteiger partial charge is 0.493 e. The molecule has 102 valence electrons. The minimum Gasteiger partial charge on any atom is -0.493 e. The molecule has 0 saturated carbocycles. The van der Waals surface area contributed by atoms with Gasteiger partial charge >= 0.3 is 0 Å². The Labute approximate surface area is 117 Å². The molecule has 0 aliphatic heterocycles. The first-order valence-electron chi connectivity index (χ1n) is 5.92. The van der Waals surface area contributed by atoms with Gasteiger partial charge in [-0.05, 0) is 18.1 Å². The molecule has 0 aliphatic rings. The standard InChI is InChI=1S/C13H17ClN4O/c1-18-13(12(19-2)8-16-18)11(17-15)7-9-5-3-4-6-10(9)14/h3-6,8,11,17H,7,15H2,1-2H3. The van der Waals surface area contributed by atoms with E-state index >= 15 is 0 Å². The topological polar surface area (TPSA) is 65.1 Å². The molecule has 0 spiro atoms. The average molecular weight is 281 g/mol. The van der Waals surface area contributed by atoms with Crippen LogP contribution >= 0.6 is 11.6 Å². The van der Waals surface area contributed by atoms with Crippen molar-refractivity contribution < 1.29 is 4.74 Å². The molecule has 3 N–H and O–H groups in total. The second-order valence-corrected chi connectivity index (χ2v) is 4.64. The number of methoxy groups -OCH3 is 1. The number of rotatable bonds is 5. The molecule has 0 amide bonds. The van der Waals surface area contributed by atoms with Gasteiger partial charge in [0, 0.05) is 12.1 Å². The molecule has 6 heteroatoms. The predicted octanol–water partition coefficient (Wildman–Crippen LogP) is 1.83. The molecular formula is C13H17ClN4O. The summed E-state index contributed by atoms with van der Waals surface area (Å²) < 4.78 is 7.06. The van der Waals surface area contributed by atoms with Crippen molar-refractivity contribution in [3.05, 3.63) is 46.7 Å². The lowest BCUT2D eigenvalue weighted by molar-refractivity contribution is 0.394. The number of ether oxygens (including phenoxy) is 1. The quantitative estimate of drug-likeness (QED) is 0.648. The van der Waals surface area contributed by atoms with Crippen molar-refractivity contribution in [3.63, 3.8) is 0 Å². The van der Waals surface area contributed by atoms with E-state index in [1.54, 1.807) is 18.0 Å². The maximum atomic E-state index is 6.18. The van der Waals surface area contributed by atoms with Crippen LogP contribution in [-0.4, -0.2) is 16.9 Å². The highest BCUT2D eigenvalue weighted by Crippen LogP contribution is 2.28. The zero-order valence-corrected chi connectivity index (χ0v) is 11.7. The first-order chi connectivity index (χ1) is 9.17. The highest BCUT2D eigenvalue weighted by molar-refractivity contribution is 6.31. The lowest BCUT2D eigenvalue weighted by atomic mass is 10.0. The van der Waals surface area contributed by atoms with Gasteiger partial charge in [0.15, 0.2) is 5.75 Å². The first kappa shape index (κ1) is 13.9. The maximum Gasteiger partial charge on any atom is 0.161 e. The molecule has 0 aliphatic carbocycles. The maximum absolute atomic E-state index is 6.18. The van der Waals surface area contributed by atoms with Gasteiger partial charge in [-0.2, -0.15) is 5.10 Å². The Balaban J connectivity index is 2.30. The molecule has 0 radical (unpaired) electrons. The van der Waals surface area contributed by atoms with E-state index < -0.39 is 0 Å². The van der Waals surface area contributed by atoms with E-state index in [0.717, 1.165) is 16.3 Å². The van der Waals surface area contributed by atoms with E-state index in [4.69, 9.17) is 22.2 Å². The molecule has 1 atom stereocenters. The van der Waals surface area contributed by atoms with Crippen molar-refractivity contribution in [3.8, 4) is 5.75 Å². The van der Waals surface area contributed by atoms with E-state index in [1.165, 1.54) is 0 Å². The second-order valence-electron chi connectivity index (χ2n) is 4.24. The van der Waals surface area contributed by atoms with E-state index in [1.807, 2.05) is 31.3 Å². The second kappa shape index (κ2) is 6.06. The van der Waals surface area contributed by atoms with E-state index in [-0.39, 0.29) is 6.04 Å². The Morgan fingerprint density at radius 1 is 1.47 bits per heavy atom. The third kappa shape index (κ3) is 2.89. The van der Waals surface area contributed by atoms with E-state index in [2.05, 4.69) is 10.5 Å². The zero-order chi connectivity index (χ0) is 13.8. The molecule has 0 fully saturated rings. The third-order valence-corrected chi connectivity index (χ3v) is 3.45. The van der Waals surface area contributed by atoms with Crippen molar-refractivity contribution in [2.45, 2.75) is 12.5 Å². The van der Waals surface area contributed by atoms with Crippen LogP contribution in [0.5, 0.6) is 5.75 Å². The van der Waals surface area contributed by atoms with Crippen LogP contribution in [0.3, 0.4) is 0 Å². The van der Waals surface area contributed by atoms with Gasteiger partial charge in [-0.15, -0.1) is 0 Å². The number of hydrazine groups is 1. The van der Waals surface area contributed by atoms with Gasteiger partial charge < -0.3 is 4.74 Å². The van der Waals surface area contributed by atoms with E-state index in [9.17, 15) is 0 Å². The molecule has 1 aromatic heterocycles. The summed E-state index contributed by atoms with van der Waals surface area (Å²) in [6.07, 6.45) is 2.33. The van der Waals surface area contributed by atoms with Gasteiger partial charge in [0.2, 0.25) is 0 Å². The van der Waals surface area contributed by atoms with Crippen LogP contribution in [0.25, 0.3) is 0 Å². The zero-order valence-electron chi connectivity index (χ0n) is 10.9. The number of halogens is 1. The lowest BCUT2D eigenvalue weighted by Crippen LogP contribution is -2.31. The van der Waals surface area contributed by atoms with Gasteiger partial charge in [0.25, 0.3) is 0 Å². The average Bonchev–Trinajstić information content (AvgIpc) is 2.79. The molecule has 0 bridgehead atoms. The van der Waals surface area contributed by atoms with Gasteiger partial charge in [-0.1, -0.05) is 29.8 Å². The summed E-state index contributed by atoms with van der Waals surface area (Å²) in [5.74, 6) is 6.37. The van der Waals surface area contributed by atoms with Crippen molar-refractivity contribution in [2.24, 2.45) is 12.9 Å². The highest BCUT2D eigenvalue weighted by Gasteiger charge is 2.20. The fraction of sp³-hybridized carbons (Fsp3) is 0.308. The highest BCUT2D eigenvalue weighted by atomic mass is 35.5. The number of hydrogen-bond donors (Lipinski definition) is 2. The summed E-state index contributed by atoms with van der Waals surface area (Å²) in [7, 11) is 3.47. The molecule has 5 nitrogen and oxygen atoms in total. The third-order valence-electron chi connectivity index (χ3n) is 3.08. The van der Waals surface area contributed by atoms with Gasteiger partial charge in [0.1, 0.15) is 0 Å². The number of benzene rings is 1. The molecule has 2 aromatic rings. The minimum atomic E-state index is -0.123. The van der Waals surface area contributed by atoms with Crippen LogP contribution in [0.15, 0.2) is 30.5 Å². The van der Waals surface area contributed by atoms with Crippen LogP contribution in [0.1, 0.15) is 17.3 Å². The van der Waals surface area contributed by atoms with Crippen LogP contribution in [0.4, 0.5) is 0 Å². The summed E-state index contributed by atoms with van der Waals surface area (Å²) >= 11 is 6.18. The molecule has 1 aromatic carbocycles. The summed E-state index contributed by atoms with van der Waals surface area (Å²) in [4.78, 5) is 0. The summed E-state index contributed by atoms with van der Waals surface area (Å²) in [5, 5.41) is 4.91.